The van der Waals surface area contributed by atoms with Crippen LogP contribution < -0.4 is 9.46 Å². The molecule has 1 aliphatic heterocycles. The Morgan fingerprint density at radius 2 is 1.74 bits per heavy atom. The second-order valence-electron chi connectivity index (χ2n) is 10.1. The van der Waals surface area contributed by atoms with E-state index in [1.54, 1.807) is 0 Å². The van der Waals surface area contributed by atoms with Gasteiger partial charge in [0.15, 0.2) is 6.61 Å². The quantitative estimate of drug-likeness (QED) is 0.349. The first-order valence-electron chi connectivity index (χ1n) is 13.3. The summed E-state index contributed by atoms with van der Waals surface area (Å²) in [6.07, 6.45) is 2.63. The molecule has 1 aliphatic carbocycles. The Balaban J connectivity index is 1.30. The molecule has 2 aliphatic rings. The molecule has 10 nitrogen and oxygen atoms in total. The lowest BCUT2D eigenvalue weighted by Crippen LogP contribution is -2.45. The maximum absolute atomic E-state index is 12.8. The summed E-state index contributed by atoms with van der Waals surface area (Å²) in [7, 11) is -1.54. The summed E-state index contributed by atoms with van der Waals surface area (Å²) in [4.78, 5) is 29.1. The Morgan fingerprint density at radius 3 is 2.46 bits per heavy atom. The van der Waals surface area contributed by atoms with E-state index in [0.717, 1.165) is 51.1 Å². The number of piperazine rings is 1. The molecule has 1 saturated heterocycles. The average molecular weight is 560 g/mol. The van der Waals surface area contributed by atoms with Crippen LogP contribution in [0.2, 0.25) is 0 Å². The van der Waals surface area contributed by atoms with E-state index in [-0.39, 0.29) is 29.4 Å². The van der Waals surface area contributed by atoms with Gasteiger partial charge in [-0.05, 0) is 62.5 Å². The van der Waals surface area contributed by atoms with E-state index in [1.807, 2.05) is 30.3 Å². The van der Waals surface area contributed by atoms with Crippen molar-refractivity contribution >= 4 is 27.6 Å². The van der Waals surface area contributed by atoms with Crippen LogP contribution in [0.15, 0.2) is 48.5 Å². The lowest BCUT2D eigenvalue weighted by atomic mass is 10.2. The van der Waals surface area contributed by atoms with Gasteiger partial charge in [0.05, 0.1) is 23.6 Å². The van der Waals surface area contributed by atoms with E-state index in [9.17, 15) is 18.0 Å². The smallest absolute Gasteiger partial charge is 0.344 e. The minimum Gasteiger partial charge on any atom is -0.491 e. The molecule has 0 aromatic heterocycles. The normalized spacial score (nSPS) is 16.4. The standard InChI is InChI=1S/C28H37N3O7S/c1-30-13-15-31(16-14-30)12-5-17-39(34,35)29-25-11-10-24(18-26(25)36-19-23-8-9-23)28(33)38-21-27(32)37-20-22-6-3-2-4-7-22/h2-4,6-7,10-11,18,23,29H,5,8-9,12-17,19-21H2,1H3. The minimum absolute atomic E-state index is 0.0176. The lowest BCUT2D eigenvalue weighted by Gasteiger charge is -2.32. The molecule has 1 saturated carbocycles. The average Bonchev–Trinajstić information content (AvgIpc) is 3.76. The topological polar surface area (TPSA) is 114 Å². The highest BCUT2D eigenvalue weighted by Gasteiger charge is 2.24. The van der Waals surface area contributed by atoms with Crippen LogP contribution in [0.5, 0.6) is 5.75 Å². The molecule has 0 amide bonds. The molecule has 2 fully saturated rings. The van der Waals surface area contributed by atoms with E-state index in [0.29, 0.717) is 18.9 Å². The van der Waals surface area contributed by atoms with Crippen LogP contribution >= 0.6 is 0 Å². The number of sulfonamides is 1. The van der Waals surface area contributed by atoms with Gasteiger partial charge in [-0.15, -0.1) is 0 Å². The molecule has 0 spiro atoms. The summed E-state index contributed by atoms with van der Waals surface area (Å²) in [6.45, 7) is 4.54. The molecule has 0 radical (unpaired) electrons. The summed E-state index contributed by atoms with van der Waals surface area (Å²) < 4.78 is 44.4. The monoisotopic (exact) mass is 559 g/mol. The minimum atomic E-state index is -3.62. The van der Waals surface area contributed by atoms with Gasteiger partial charge in [-0.3, -0.25) is 4.72 Å². The largest absolute Gasteiger partial charge is 0.491 e. The van der Waals surface area contributed by atoms with E-state index >= 15 is 0 Å². The van der Waals surface area contributed by atoms with Crippen molar-refractivity contribution in [2.75, 3.05) is 63.5 Å². The summed E-state index contributed by atoms with van der Waals surface area (Å²) in [5.41, 5.74) is 1.25. The van der Waals surface area contributed by atoms with E-state index in [1.165, 1.54) is 18.2 Å². The van der Waals surface area contributed by atoms with Gasteiger partial charge in [0.1, 0.15) is 12.4 Å². The van der Waals surface area contributed by atoms with E-state index in [2.05, 4.69) is 21.6 Å². The highest BCUT2D eigenvalue weighted by molar-refractivity contribution is 7.92. The van der Waals surface area contributed by atoms with Gasteiger partial charge >= 0.3 is 11.9 Å². The van der Waals surface area contributed by atoms with Crippen molar-refractivity contribution in [1.29, 1.82) is 0 Å². The fraction of sp³-hybridized carbons (Fsp3) is 0.500. The molecule has 2 aromatic rings. The van der Waals surface area contributed by atoms with Gasteiger partial charge in [-0.1, -0.05) is 30.3 Å². The Morgan fingerprint density at radius 1 is 1.00 bits per heavy atom. The van der Waals surface area contributed by atoms with Crippen LogP contribution in [0.1, 0.15) is 35.2 Å². The van der Waals surface area contributed by atoms with Gasteiger partial charge in [0.2, 0.25) is 10.0 Å². The molecule has 39 heavy (non-hydrogen) atoms. The third-order valence-corrected chi connectivity index (χ3v) is 8.06. The number of anilines is 1. The maximum Gasteiger partial charge on any atom is 0.344 e. The number of benzene rings is 2. The first-order valence-corrected chi connectivity index (χ1v) is 15.0. The first-order chi connectivity index (χ1) is 18.8. The molecular formula is C28H37N3O7S. The Hall–Kier alpha value is -3.15. The predicted molar refractivity (Wildman–Crippen MR) is 147 cm³/mol. The second kappa shape index (κ2) is 13.8. The molecule has 2 aromatic carbocycles. The number of rotatable bonds is 14. The molecule has 11 heteroatoms. The third-order valence-electron chi connectivity index (χ3n) is 6.70. The highest BCUT2D eigenvalue weighted by atomic mass is 32.2. The van der Waals surface area contributed by atoms with Crippen molar-refractivity contribution in [1.82, 2.24) is 9.80 Å². The van der Waals surface area contributed by atoms with Crippen molar-refractivity contribution in [3.8, 4) is 5.75 Å². The predicted octanol–water partition coefficient (Wildman–Crippen LogP) is 2.75. The van der Waals surface area contributed by atoms with Crippen LogP contribution in [-0.4, -0.2) is 88.9 Å². The molecule has 1 heterocycles. The van der Waals surface area contributed by atoms with Crippen LogP contribution in [0, 0.1) is 5.92 Å². The SMILES string of the molecule is CN1CCN(CCCS(=O)(=O)Nc2ccc(C(=O)OCC(=O)OCc3ccccc3)cc2OCC2CC2)CC1. The maximum atomic E-state index is 12.8. The highest BCUT2D eigenvalue weighted by Crippen LogP contribution is 2.33. The Bertz CT molecular complexity index is 1210. The van der Waals surface area contributed by atoms with Crippen molar-refractivity contribution in [3.63, 3.8) is 0 Å². The molecule has 0 unspecified atom stereocenters. The fourth-order valence-corrected chi connectivity index (χ4v) is 5.22. The number of nitrogens with zero attached hydrogens (tertiary/aromatic N) is 2. The van der Waals surface area contributed by atoms with Gasteiger partial charge in [0.25, 0.3) is 0 Å². The third kappa shape index (κ3) is 9.83. The van der Waals surface area contributed by atoms with Crippen molar-refractivity contribution < 1.29 is 32.2 Å². The van der Waals surface area contributed by atoms with Gasteiger partial charge in [-0.2, -0.15) is 0 Å². The fourth-order valence-electron chi connectivity index (χ4n) is 4.10. The van der Waals surface area contributed by atoms with Crippen LogP contribution in [0.4, 0.5) is 5.69 Å². The lowest BCUT2D eigenvalue weighted by molar-refractivity contribution is -0.148. The number of nitrogens with one attached hydrogen (secondary N) is 1. The zero-order valence-electron chi connectivity index (χ0n) is 22.3. The zero-order valence-corrected chi connectivity index (χ0v) is 23.2. The summed E-state index contributed by atoms with van der Waals surface area (Å²) in [5, 5.41) is 0. The molecular weight excluding hydrogens is 522 g/mol. The number of esters is 2. The van der Waals surface area contributed by atoms with Crippen LogP contribution in [0.3, 0.4) is 0 Å². The van der Waals surface area contributed by atoms with Crippen molar-refractivity contribution in [2.24, 2.45) is 5.92 Å². The van der Waals surface area contributed by atoms with Crippen molar-refractivity contribution in [2.45, 2.75) is 25.9 Å². The molecule has 0 atom stereocenters. The van der Waals surface area contributed by atoms with Gasteiger partial charge in [0, 0.05) is 26.2 Å². The first kappa shape index (κ1) is 28.8. The van der Waals surface area contributed by atoms with Gasteiger partial charge in [-0.25, -0.2) is 18.0 Å². The van der Waals surface area contributed by atoms with Gasteiger partial charge < -0.3 is 24.0 Å². The second-order valence-corrected chi connectivity index (χ2v) is 11.9. The Kier molecular flexibility index (Phi) is 10.2. The number of hydrogen-bond acceptors (Lipinski definition) is 9. The van der Waals surface area contributed by atoms with Crippen LogP contribution in [-0.2, 0) is 30.9 Å². The summed E-state index contributed by atoms with van der Waals surface area (Å²) >= 11 is 0. The van der Waals surface area contributed by atoms with E-state index in [4.69, 9.17) is 14.2 Å². The molecule has 212 valence electrons. The summed E-state index contributed by atoms with van der Waals surface area (Å²) in [6, 6.07) is 13.6. The molecule has 4 rings (SSSR count). The molecule has 0 bridgehead atoms. The number of hydrogen-bond donors (Lipinski definition) is 1. The number of ether oxygens (including phenoxy) is 3. The molecule has 1 N–H and O–H groups in total. The zero-order chi connectivity index (χ0) is 27.7. The summed E-state index contributed by atoms with van der Waals surface area (Å²) in [5.74, 6) is -0.738. The van der Waals surface area contributed by atoms with E-state index < -0.39 is 28.6 Å². The van der Waals surface area contributed by atoms with Crippen molar-refractivity contribution in [3.05, 3.63) is 59.7 Å². The Labute approximate surface area is 230 Å². The number of likely N-dealkylation sites (N-methyl/N-ethyl adjacent to an activating group) is 1. The van der Waals surface area contributed by atoms with Crippen LogP contribution in [0.25, 0.3) is 0 Å². The number of carbonyl (C=O) groups excluding carboxylic acids is 2. The number of carbonyl (C=O) groups is 2.